The predicted octanol–water partition coefficient (Wildman–Crippen LogP) is 22.4. The summed E-state index contributed by atoms with van der Waals surface area (Å²) >= 11 is 0. The number of rotatable bonds is 5. The SMILES string of the molecule is [2H]c1c([2H])c([2H])c(-c2cccc(-c3c([2H])c([2H])c([2H])c([2H])c3[2H])c2-[n+]2[c-]n(-c3cc4ccc3n3c5ccccc5c5cccc(c6cccc(c6)c6cccc(c6)c6cccc7c8ccccc8n(c8ccc9c(c8)c8ccc(cc8n9-c8cc(C(C)(C)C)ccn8)o4)c67)c53)c3ccccc32)c([2H])c1[2H]. The lowest BCUT2D eigenvalue weighted by Crippen LogP contribution is -2.31. The summed E-state index contributed by atoms with van der Waals surface area (Å²) in [5, 5.41) is 12.4. The van der Waals surface area contributed by atoms with E-state index in [1.807, 2.05) is 65.4 Å². The van der Waals surface area contributed by atoms with Gasteiger partial charge in [-0.3, -0.25) is 13.7 Å². The molecule has 0 radical (unpaired) electrons. The van der Waals surface area contributed by atoms with Crippen LogP contribution in [0, 0.1) is 6.33 Å². The van der Waals surface area contributed by atoms with Crippen molar-refractivity contribution in [3.63, 3.8) is 0 Å². The van der Waals surface area contributed by atoms with Gasteiger partial charge in [-0.2, -0.15) is 0 Å². The molecule has 0 atom stereocenters. The highest BCUT2D eigenvalue weighted by molar-refractivity contribution is 6.20. The Morgan fingerprint density at radius 3 is 1.62 bits per heavy atom. The Balaban J connectivity index is 0.996. The number of fused-ring (bicyclic) bond motifs is 5. The third kappa shape index (κ3) is 8.59. The van der Waals surface area contributed by atoms with Crippen molar-refractivity contribution < 1.29 is 22.7 Å². The third-order valence-electron chi connectivity index (χ3n) is 18.9. The monoisotopic (exact) mass is 1230 g/mol. The maximum absolute atomic E-state index is 9.45. The van der Waals surface area contributed by atoms with Crippen LogP contribution in [0.4, 0.5) is 0 Å². The van der Waals surface area contributed by atoms with Crippen LogP contribution in [0.1, 0.15) is 40.0 Å². The van der Waals surface area contributed by atoms with Gasteiger partial charge in [-0.25, -0.2) is 4.98 Å². The van der Waals surface area contributed by atoms with Gasteiger partial charge in [0.15, 0.2) is 0 Å². The highest BCUT2D eigenvalue weighted by atomic mass is 16.3. The molecule has 0 saturated heterocycles. The number of nitrogens with zero attached hydrogens (tertiary/aromatic N) is 6. The van der Waals surface area contributed by atoms with Crippen LogP contribution in [0.3, 0.4) is 0 Å². The van der Waals surface area contributed by atoms with E-state index in [-0.39, 0.29) is 33.4 Å². The number of para-hydroxylation sites is 7. The number of hydrogen-bond donors (Lipinski definition) is 0. The molecular weight excluding hydrogens is 1160 g/mol. The molecule has 22 aromatic rings. The average Bonchev–Trinajstić information content (AvgIpc) is 1.60. The molecule has 0 aliphatic carbocycles. The average molecular weight is 1230 g/mol. The summed E-state index contributed by atoms with van der Waals surface area (Å²) in [5.74, 6) is 0.748. The molecule has 0 aliphatic rings. The molecule has 11 bridgehead atoms. The summed E-state index contributed by atoms with van der Waals surface area (Å²) in [5.41, 5.74) is 11.2. The summed E-state index contributed by atoms with van der Waals surface area (Å²) in [6, 6.07) is 77.8. The zero-order chi connectivity index (χ0) is 71.7. The Kier molecular flexibility index (Phi) is 10.0. The van der Waals surface area contributed by atoms with E-state index in [4.69, 9.17) is 17.6 Å². The van der Waals surface area contributed by atoms with E-state index in [2.05, 4.69) is 210 Å². The zero-order valence-electron chi connectivity index (χ0n) is 61.8. The van der Waals surface area contributed by atoms with Crippen LogP contribution in [-0.2, 0) is 5.41 Å². The van der Waals surface area contributed by atoms with Crippen molar-refractivity contribution in [2.75, 3.05) is 0 Å². The number of aromatic nitrogens is 6. The van der Waals surface area contributed by atoms with Crippen molar-refractivity contribution in [1.29, 1.82) is 0 Å². The summed E-state index contributed by atoms with van der Waals surface area (Å²) in [6.45, 7) is 6.61. The molecule has 0 saturated carbocycles. The summed E-state index contributed by atoms with van der Waals surface area (Å²) < 4.78 is 109. The van der Waals surface area contributed by atoms with Gasteiger partial charge in [0.25, 0.3) is 6.33 Å². The lowest BCUT2D eigenvalue weighted by molar-refractivity contribution is -0.571. The minimum atomic E-state index is -0.587. The molecule has 22 rings (SSSR count). The van der Waals surface area contributed by atoms with Crippen molar-refractivity contribution in [2.24, 2.45) is 0 Å². The second kappa shape index (κ2) is 21.1. The smallest absolute Gasteiger partial charge is 0.269 e. The fourth-order valence-corrected chi connectivity index (χ4v) is 14.6. The van der Waals surface area contributed by atoms with Crippen molar-refractivity contribution in [3.8, 4) is 39.4 Å². The normalized spacial score (nSPS) is 13.6. The lowest BCUT2D eigenvalue weighted by atomic mass is 9.88. The first-order chi connectivity index (χ1) is 50.9. The van der Waals surface area contributed by atoms with Crippen LogP contribution in [0.5, 0.6) is 0 Å². The second-order valence-electron chi connectivity index (χ2n) is 25.4. The van der Waals surface area contributed by atoms with E-state index < -0.39 is 60.4 Å². The molecule has 7 nitrogen and oxygen atoms in total. The molecule has 0 unspecified atom stereocenters. The van der Waals surface area contributed by atoms with E-state index in [9.17, 15) is 5.48 Å². The van der Waals surface area contributed by atoms with Gasteiger partial charge in [0.05, 0.1) is 74.7 Å². The van der Waals surface area contributed by atoms with Crippen molar-refractivity contribution in [1.82, 2.24) is 22.9 Å². The Hall–Kier alpha value is -12.3. The predicted molar refractivity (Wildman–Crippen MR) is 395 cm³/mol. The second-order valence-corrected chi connectivity index (χ2v) is 25.4. The highest BCUT2D eigenvalue weighted by Crippen LogP contribution is 2.42. The Labute approximate surface area is 560 Å². The minimum Gasteiger partial charge on any atom is -0.458 e. The van der Waals surface area contributed by atoms with Gasteiger partial charge in [0.1, 0.15) is 17.0 Å². The summed E-state index contributed by atoms with van der Waals surface area (Å²) in [4.78, 5) is 5.12. The molecule has 0 fully saturated rings. The van der Waals surface area contributed by atoms with Gasteiger partial charge in [-0.05, 0) is 140 Å². The van der Waals surface area contributed by atoms with E-state index in [0.717, 1.165) is 115 Å². The zero-order valence-corrected chi connectivity index (χ0v) is 51.8. The van der Waals surface area contributed by atoms with Crippen molar-refractivity contribution in [2.45, 2.75) is 26.2 Å². The van der Waals surface area contributed by atoms with Gasteiger partial charge in [-0.1, -0.05) is 233 Å². The Morgan fingerprint density at radius 1 is 0.411 bits per heavy atom. The van der Waals surface area contributed by atoms with Crippen LogP contribution in [0.15, 0.2) is 314 Å². The van der Waals surface area contributed by atoms with Crippen LogP contribution in [0.2, 0.25) is 0 Å². The lowest BCUT2D eigenvalue weighted by Gasteiger charge is -2.20. The topological polar surface area (TPSA) is 48.6 Å². The fourth-order valence-electron chi connectivity index (χ4n) is 14.6. The highest BCUT2D eigenvalue weighted by Gasteiger charge is 2.24. The fraction of sp³-hybridized carbons (Fsp3) is 0.0455. The molecule has 95 heavy (non-hydrogen) atoms. The molecule has 0 spiro atoms. The largest absolute Gasteiger partial charge is 0.458 e. The van der Waals surface area contributed by atoms with Crippen LogP contribution < -0.4 is 4.57 Å². The molecule has 448 valence electrons. The number of imidazole rings is 1. The first-order valence-electron chi connectivity index (χ1n) is 36.8. The number of benzene rings is 13. The van der Waals surface area contributed by atoms with Crippen molar-refractivity contribution >= 4 is 131 Å². The first-order valence-corrected chi connectivity index (χ1v) is 31.8. The van der Waals surface area contributed by atoms with Gasteiger partial charge in [-0.15, -0.1) is 0 Å². The third-order valence-corrected chi connectivity index (χ3v) is 18.9. The first kappa shape index (κ1) is 45.0. The van der Waals surface area contributed by atoms with E-state index in [1.54, 1.807) is 22.8 Å². The van der Waals surface area contributed by atoms with Gasteiger partial charge >= 0.3 is 0 Å². The van der Waals surface area contributed by atoms with E-state index in [0.29, 0.717) is 33.4 Å². The standard InChI is InChI=1S/C88H60N6O/c1-88(2,3)62-47-48-89-84(51-62)93-78-45-41-63-52-75(78)72-44-42-64(53-82(72)93)95-65-43-46-81(83(54-65)90-55-91(80-40-15-14-39-79(80)90)85-66(56-21-6-4-7-22-56)31-18-32-67(85)57-23-8-5-9-24-57)94-77-38-13-11-30-71(77)74-36-20-34-69(87(74)94)61-28-17-26-59(50-61)58-25-16-27-60(49-58)68-33-19-35-73-70-29-10-12-37-76(70)92(63)86(68)73/h4-54H,1-3H3/i4D,5D,6D,7D,8D,9D,21D,22D,23D,24D. The summed E-state index contributed by atoms with van der Waals surface area (Å²) in [6.07, 6.45) is 5.61. The molecular formula is C88H60N6O. The van der Waals surface area contributed by atoms with Gasteiger partial charge in [0.2, 0.25) is 0 Å². The van der Waals surface area contributed by atoms with E-state index >= 15 is 0 Å². The van der Waals surface area contributed by atoms with Gasteiger partial charge in [0, 0.05) is 60.9 Å². The number of pyridine rings is 1. The quantitative estimate of drug-likeness (QED) is 0.127. The van der Waals surface area contributed by atoms with Crippen LogP contribution >= 0.6 is 0 Å². The molecule has 0 aliphatic heterocycles. The van der Waals surface area contributed by atoms with Crippen LogP contribution in [0.25, 0.3) is 170 Å². The Morgan fingerprint density at radius 2 is 0.947 bits per heavy atom. The molecule has 13 aromatic carbocycles. The molecule has 9 heterocycles. The molecule has 0 amide bonds. The maximum Gasteiger partial charge on any atom is 0.269 e. The molecule has 9 aromatic heterocycles. The Bertz CT molecular complexity index is 7090. The van der Waals surface area contributed by atoms with Gasteiger partial charge < -0.3 is 13.2 Å². The van der Waals surface area contributed by atoms with E-state index in [1.165, 1.54) is 0 Å². The maximum atomic E-state index is 9.45. The molecule has 7 heteroatoms. The minimum absolute atomic E-state index is 0.126. The van der Waals surface area contributed by atoms with Crippen LogP contribution in [-0.4, -0.2) is 22.9 Å². The summed E-state index contributed by atoms with van der Waals surface area (Å²) in [7, 11) is 0. The molecule has 0 N–H and O–H groups in total. The number of hydrogen-bond acceptors (Lipinski definition) is 2. The van der Waals surface area contributed by atoms with Crippen molar-refractivity contribution in [3.05, 3.63) is 321 Å².